The molecular formula is C24H29N3O6. The Hall–Kier alpha value is -3.59. The van der Waals surface area contributed by atoms with Gasteiger partial charge >= 0.3 is 5.97 Å². The molecule has 0 unspecified atom stereocenters. The van der Waals surface area contributed by atoms with E-state index < -0.39 is 5.97 Å². The fourth-order valence-corrected chi connectivity index (χ4v) is 3.89. The zero-order valence-electron chi connectivity index (χ0n) is 18.9. The highest BCUT2D eigenvalue weighted by atomic mass is 16.5. The lowest BCUT2D eigenvalue weighted by Crippen LogP contribution is -2.49. The highest BCUT2D eigenvalue weighted by Gasteiger charge is 2.25. The maximum absolute atomic E-state index is 13.0. The van der Waals surface area contributed by atoms with Crippen molar-refractivity contribution in [2.24, 2.45) is 5.73 Å². The third-order valence-electron chi connectivity index (χ3n) is 5.71. The van der Waals surface area contributed by atoms with E-state index in [1.807, 2.05) is 11.0 Å². The number of carboxylic acid groups (broad SMARTS) is 1. The minimum atomic E-state index is -0.874. The molecule has 2 aromatic rings. The summed E-state index contributed by atoms with van der Waals surface area (Å²) < 4.78 is 10.5. The number of aliphatic carboxylic acids is 1. The molecule has 0 saturated carbocycles. The minimum Gasteiger partial charge on any atom is -0.493 e. The molecule has 0 spiro atoms. The van der Waals surface area contributed by atoms with Gasteiger partial charge in [-0.1, -0.05) is 6.07 Å². The molecule has 1 heterocycles. The summed E-state index contributed by atoms with van der Waals surface area (Å²) in [5, 5.41) is 8.98. The zero-order chi connectivity index (χ0) is 24.0. The maximum atomic E-state index is 13.0. The molecule has 0 aliphatic carbocycles. The second-order valence-electron chi connectivity index (χ2n) is 7.72. The molecule has 2 aromatic carbocycles. The Bertz CT molecular complexity index is 1030. The average Bonchev–Trinajstić information content (AvgIpc) is 2.86. The number of ketones is 1. The molecule has 0 bridgehead atoms. The smallest absolute Gasteiger partial charge is 0.303 e. The van der Waals surface area contributed by atoms with Crippen LogP contribution in [0.5, 0.6) is 11.5 Å². The van der Waals surface area contributed by atoms with Gasteiger partial charge in [0.05, 0.1) is 20.8 Å². The lowest BCUT2D eigenvalue weighted by molar-refractivity contribution is -0.136. The number of rotatable bonds is 9. The van der Waals surface area contributed by atoms with Crippen LogP contribution in [0.15, 0.2) is 36.4 Å². The Morgan fingerprint density at radius 2 is 1.67 bits per heavy atom. The van der Waals surface area contributed by atoms with E-state index >= 15 is 0 Å². The first-order valence-electron chi connectivity index (χ1n) is 10.7. The monoisotopic (exact) mass is 455 g/mol. The molecule has 1 aliphatic rings. The highest BCUT2D eigenvalue weighted by molar-refractivity contribution is 6.03. The number of amides is 1. The van der Waals surface area contributed by atoms with E-state index in [4.69, 9.17) is 20.3 Å². The molecule has 0 atom stereocenters. The predicted molar refractivity (Wildman–Crippen MR) is 123 cm³/mol. The minimum absolute atomic E-state index is 0.0111. The van der Waals surface area contributed by atoms with Crippen molar-refractivity contribution in [2.45, 2.75) is 12.8 Å². The molecule has 176 valence electrons. The van der Waals surface area contributed by atoms with Crippen LogP contribution in [-0.4, -0.2) is 74.6 Å². The summed E-state index contributed by atoms with van der Waals surface area (Å²) in [7, 11) is 3.06. The number of anilines is 1. The molecule has 0 radical (unpaired) electrons. The largest absolute Gasteiger partial charge is 0.493 e. The van der Waals surface area contributed by atoms with Crippen LogP contribution < -0.4 is 20.1 Å². The van der Waals surface area contributed by atoms with Crippen LogP contribution in [0.25, 0.3) is 0 Å². The quantitative estimate of drug-likeness (QED) is 0.549. The summed E-state index contributed by atoms with van der Waals surface area (Å²) in [6, 6.07) is 10.4. The highest BCUT2D eigenvalue weighted by Crippen LogP contribution is 2.29. The van der Waals surface area contributed by atoms with Gasteiger partial charge in [0, 0.05) is 49.4 Å². The van der Waals surface area contributed by atoms with E-state index in [1.165, 1.54) is 7.11 Å². The normalized spacial score (nSPS) is 13.5. The van der Waals surface area contributed by atoms with Crippen molar-refractivity contribution in [1.82, 2.24) is 4.90 Å². The van der Waals surface area contributed by atoms with Crippen LogP contribution in [0.4, 0.5) is 5.69 Å². The summed E-state index contributed by atoms with van der Waals surface area (Å²) in [5.41, 5.74) is 8.18. The van der Waals surface area contributed by atoms with Crippen LogP contribution in [0, 0.1) is 0 Å². The van der Waals surface area contributed by atoms with Gasteiger partial charge in [0.25, 0.3) is 5.91 Å². The van der Waals surface area contributed by atoms with E-state index in [0.717, 1.165) is 11.3 Å². The maximum Gasteiger partial charge on any atom is 0.303 e. The average molecular weight is 456 g/mol. The molecule has 1 amide bonds. The van der Waals surface area contributed by atoms with Gasteiger partial charge in [-0.05, 0) is 42.3 Å². The van der Waals surface area contributed by atoms with Crippen molar-refractivity contribution in [1.29, 1.82) is 0 Å². The van der Waals surface area contributed by atoms with Crippen molar-refractivity contribution < 1.29 is 29.0 Å². The topological polar surface area (TPSA) is 122 Å². The number of benzene rings is 2. The Kier molecular flexibility index (Phi) is 7.89. The number of ether oxygens (including phenoxy) is 2. The molecular weight excluding hydrogens is 426 g/mol. The van der Waals surface area contributed by atoms with Gasteiger partial charge in [0.1, 0.15) is 0 Å². The fourth-order valence-electron chi connectivity index (χ4n) is 3.89. The molecule has 9 heteroatoms. The predicted octanol–water partition coefficient (Wildman–Crippen LogP) is 1.82. The Labute approximate surface area is 192 Å². The third kappa shape index (κ3) is 5.61. The van der Waals surface area contributed by atoms with Gasteiger partial charge in [0.2, 0.25) is 0 Å². The number of carbonyl (C=O) groups is 3. The number of nitrogens with two attached hydrogens (primary N) is 1. The number of hydrogen-bond acceptors (Lipinski definition) is 7. The van der Waals surface area contributed by atoms with E-state index in [9.17, 15) is 14.4 Å². The second kappa shape index (κ2) is 10.8. The Morgan fingerprint density at radius 3 is 2.27 bits per heavy atom. The summed E-state index contributed by atoms with van der Waals surface area (Å²) >= 11 is 0. The number of piperazine rings is 1. The van der Waals surface area contributed by atoms with Crippen molar-refractivity contribution in [3.63, 3.8) is 0 Å². The van der Waals surface area contributed by atoms with Gasteiger partial charge in [-0.2, -0.15) is 0 Å². The molecule has 33 heavy (non-hydrogen) atoms. The number of hydrogen-bond donors (Lipinski definition) is 2. The summed E-state index contributed by atoms with van der Waals surface area (Å²) in [6.07, 6.45) is 0.383. The number of Topliss-reactive ketones (excluding diaryl/α,β-unsaturated/α-hetero) is 1. The number of aryl methyl sites for hydroxylation is 1. The first kappa shape index (κ1) is 24.1. The molecule has 9 nitrogen and oxygen atoms in total. The van der Waals surface area contributed by atoms with Gasteiger partial charge in [-0.25, -0.2) is 0 Å². The van der Waals surface area contributed by atoms with E-state index in [1.54, 1.807) is 42.3 Å². The third-order valence-corrected chi connectivity index (χ3v) is 5.71. The van der Waals surface area contributed by atoms with Gasteiger partial charge in [-0.15, -0.1) is 0 Å². The van der Waals surface area contributed by atoms with Crippen molar-refractivity contribution in [3.05, 3.63) is 53.1 Å². The van der Waals surface area contributed by atoms with E-state index in [0.29, 0.717) is 55.2 Å². The Balaban J connectivity index is 1.75. The van der Waals surface area contributed by atoms with Crippen molar-refractivity contribution >= 4 is 23.3 Å². The fraction of sp³-hybridized carbons (Fsp3) is 0.375. The molecule has 3 N–H and O–H groups in total. The summed E-state index contributed by atoms with van der Waals surface area (Å²) in [4.78, 5) is 40.2. The van der Waals surface area contributed by atoms with E-state index in [2.05, 4.69) is 0 Å². The molecule has 1 saturated heterocycles. The van der Waals surface area contributed by atoms with Gasteiger partial charge in [-0.3, -0.25) is 14.4 Å². The number of methoxy groups -OCH3 is 2. The van der Waals surface area contributed by atoms with Gasteiger partial charge in [0.15, 0.2) is 17.3 Å². The van der Waals surface area contributed by atoms with Crippen molar-refractivity contribution in [2.75, 3.05) is 51.8 Å². The first-order chi connectivity index (χ1) is 15.9. The molecule has 1 fully saturated rings. The summed E-state index contributed by atoms with van der Waals surface area (Å²) in [6.45, 7) is 1.91. The van der Waals surface area contributed by atoms with Crippen LogP contribution in [0.1, 0.15) is 32.7 Å². The zero-order valence-corrected chi connectivity index (χ0v) is 18.9. The lowest BCUT2D eigenvalue weighted by Gasteiger charge is -2.37. The molecule has 1 aliphatic heterocycles. The lowest BCUT2D eigenvalue weighted by atomic mass is 10.0. The molecule has 3 rings (SSSR count). The van der Waals surface area contributed by atoms with Crippen LogP contribution in [0.3, 0.4) is 0 Å². The standard InChI is InChI=1S/C24H29N3O6/c1-32-21-7-5-17(14-22(21)33-2)24(31)27-11-9-26(10-12-27)19-13-16(4-8-23(29)30)3-6-18(19)20(28)15-25/h3,5-7,13-14H,4,8-12,15,25H2,1-2H3,(H,29,30). The SMILES string of the molecule is COc1ccc(C(=O)N2CCN(c3cc(CCC(=O)O)ccc3C(=O)CN)CC2)cc1OC. The molecule has 0 aromatic heterocycles. The number of carboxylic acids is 1. The van der Waals surface area contributed by atoms with Crippen LogP contribution >= 0.6 is 0 Å². The van der Waals surface area contributed by atoms with Crippen LogP contribution in [-0.2, 0) is 11.2 Å². The van der Waals surface area contributed by atoms with Crippen LogP contribution in [0.2, 0.25) is 0 Å². The second-order valence-corrected chi connectivity index (χ2v) is 7.72. The number of nitrogens with zero attached hydrogens (tertiary/aromatic N) is 2. The van der Waals surface area contributed by atoms with Gasteiger partial charge < -0.3 is 30.1 Å². The first-order valence-corrected chi connectivity index (χ1v) is 10.7. The van der Waals surface area contributed by atoms with E-state index in [-0.39, 0.29) is 24.7 Å². The number of carbonyl (C=O) groups excluding carboxylic acids is 2. The summed E-state index contributed by atoms with van der Waals surface area (Å²) in [5.74, 6) is -0.118. The van der Waals surface area contributed by atoms with Crippen molar-refractivity contribution in [3.8, 4) is 11.5 Å². The Morgan fingerprint density at radius 1 is 0.970 bits per heavy atom.